The van der Waals surface area contributed by atoms with Crippen molar-refractivity contribution in [2.45, 2.75) is 71.5 Å². The molecule has 12 heteroatoms. The molecule has 0 aromatic heterocycles. The quantitative estimate of drug-likeness (QED) is 0.193. The van der Waals surface area contributed by atoms with Gasteiger partial charge < -0.3 is 20.0 Å². The molecule has 1 saturated heterocycles. The first-order chi connectivity index (χ1) is 23.3. The van der Waals surface area contributed by atoms with E-state index >= 15 is 0 Å². The number of carbonyl (C=O) groups is 2. The van der Waals surface area contributed by atoms with Crippen LogP contribution in [-0.4, -0.2) is 66.9 Å². The van der Waals surface area contributed by atoms with E-state index < -0.39 is 13.9 Å². The highest BCUT2D eigenvalue weighted by Gasteiger charge is 2.38. The van der Waals surface area contributed by atoms with Gasteiger partial charge in [-0.15, -0.1) is 0 Å². The lowest BCUT2D eigenvalue weighted by Crippen LogP contribution is -2.56. The largest absolute Gasteiger partial charge is 0.476 e. The van der Waals surface area contributed by atoms with Gasteiger partial charge in [0.2, 0.25) is 5.91 Å². The fourth-order valence-corrected chi connectivity index (χ4v) is 7.00. The lowest BCUT2D eigenvalue weighted by Gasteiger charge is -2.42. The number of phosphoric ester groups is 1. The first kappa shape index (κ1) is 35.3. The van der Waals surface area contributed by atoms with Gasteiger partial charge in [0.15, 0.2) is 0 Å². The van der Waals surface area contributed by atoms with Gasteiger partial charge in [-0.05, 0) is 42.2 Å². The number of rotatable bonds is 15. The molecule has 0 spiro atoms. The van der Waals surface area contributed by atoms with E-state index in [1.165, 1.54) is 0 Å². The molecule has 2 aliphatic rings. The minimum Gasteiger partial charge on any atom is -0.390 e. The van der Waals surface area contributed by atoms with Gasteiger partial charge >= 0.3 is 7.82 Å². The van der Waals surface area contributed by atoms with Crippen LogP contribution in [0.25, 0.3) is 0 Å². The average molecular weight is 677 g/mol. The minimum absolute atomic E-state index is 0.00845. The number of hydrogen-bond donors (Lipinski definition) is 1. The Bertz CT molecular complexity index is 1520. The van der Waals surface area contributed by atoms with E-state index in [0.717, 1.165) is 28.1 Å². The van der Waals surface area contributed by atoms with Crippen molar-refractivity contribution in [3.05, 3.63) is 102 Å². The highest BCUT2D eigenvalue weighted by Crippen LogP contribution is 2.52. The molecular weight excluding hydrogens is 631 g/mol. The van der Waals surface area contributed by atoms with Gasteiger partial charge in [0.25, 0.3) is 5.91 Å². The Morgan fingerprint density at radius 3 is 2.12 bits per heavy atom. The summed E-state index contributed by atoms with van der Waals surface area (Å²) in [5, 5.41) is 7.09. The van der Waals surface area contributed by atoms with E-state index in [1.807, 2.05) is 93.6 Å². The number of amides is 2. The van der Waals surface area contributed by atoms with Gasteiger partial charge in [-0.25, -0.2) is 4.57 Å². The van der Waals surface area contributed by atoms with Crippen molar-refractivity contribution in [3.8, 4) is 0 Å². The molecule has 11 nitrogen and oxygen atoms in total. The van der Waals surface area contributed by atoms with Crippen molar-refractivity contribution in [3.63, 3.8) is 0 Å². The van der Waals surface area contributed by atoms with E-state index in [2.05, 4.69) is 27.5 Å². The number of hydrogen-bond acceptors (Lipinski definition) is 9. The lowest BCUT2D eigenvalue weighted by molar-refractivity contribution is -0.142. The molecule has 0 bridgehead atoms. The van der Waals surface area contributed by atoms with Crippen LogP contribution >= 0.6 is 7.82 Å². The van der Waals surface area contributed by atoms with Crippen LogP contribution < -0.4 is 10.2 Å². The number of piperazine rings is 1. The van der Waals surface area contributed by atoms with Crippen LogP contribution in [0.1, 0.15) is 56.7 Å². The molecular formula is C36H45N4O7P. The second-order valence-corrected chi connectivity index (χ2v) is 13.6. The first-order valence-corrected chi connectivity index (χ1v) is 18.0. The highest BCUT2D eigenvalue weighted by atomic mass is 31.2. The van der Waals surface area contributed by atoms with Crippen LogP contribution in [0, 0.1) is 0 Å². The summed E-state index contributed by atoms with van der Waals surface area (Å²) in [6.07, 6.45) is 0.205. The molecule has 1 fully saturated rings. The second-order valence-electron chi connectivity index (χ2n) is 12.0. The molecule has 0 saturated carbocycles. The summed E-state index contributed by atoms with van der Waals surface area (Å²) in [6, 6.07) is 26.8. The van der Waals surface area contributed by atoms with Crippen molar-refractivity contribution in [2.75, 3.05) is 31.1 Å². The van der Waals surface area contributed by atoms with Crippen molar-refractivity contribution >= 4 is 31.0 Å². The minimum atomic E-state index is -4.13. The van der Waals surface area contributed by atoms with Gasteiger partial charge in [-0.1, -0.05) is 91.8 Å². The summed E-state index contributed by atoms with van der Waals surface area (Å²) >= 11 is 0. The zero-order chi connectivity index (χ0) is 33.9. The molecule has 5 rings (SSSR count). The van der Waals surface area contributed by atoms with Crippen LogP contribution in [0.3, 0.4) is 0 Å². The summed E-state index contributed by atoms with van der Waals surface area (Å²) < 4.78 is 31.5. The zero-order valence-electron chi connectivity index (χ0n) is 27.8. The van der Waals surface area contributed by atoms with Gasteiger partial charge in [0.1, 0.15) is 12.2 Å². The standard InChI is InChI=1S/C36H45N4O7P/c1-4-34(47-48(43,44-25-28-12-8-6-9-13-28)45-26-29-14-10-7-11-15-29)36(42)40-21-20-39(24-27(40)3)31-18-16-30(17-19-31)33-22-32(46-38-33)23-37-35(41)5-2/h6-19,27,32,34H,4-5,20-26H2,1-3H3,(H,37,41). The molecule has 2 amide bonds. The van der Waals surface area contributed by atoms with Crippen LogP contribution in [-0.2, 0) is 45.8 Å². The van der Waals surface area contributed by atoms with Crippen LogP contribution in [0.15, 0.2) is 90.1 Å². The number of benzene rings is 3. The summed E-state index contributed by atoms with van der Waals surface area (Å²) in [5.74, 6) is -0.248. The maximum Gasteiger partial charge on any atom is 0.476 e. The summed E-state index contributed by atoms with van der Waals surface area (Å²) in [4.78, 5) is 35.0. The Morgan fingerprint density at radius 1 is 0.938 bits per heavy atom. The Balaban J connectivity index is 1.18. The molecule has 256 valence electrons. The fourth-order valence-electron chi connectivity index (χ4n) is 5.63. The molecule has 3 atom stereocenters. The molecule has 2 heterocycles. The summed E-state index contributed by atoms with van der Waals surface area (Å²) in [5.41, 5.74) is 4.49. The van der Waals surface area contributed by atoms with Crippen molar-refractivity contribution in [1.82, 2.24) is 10.2 Å². The fraction of sp³-hybridized carbons (Fsp3) is 0.417. The van der Waals surface area contributed by atoms with Crippen LogP contribution in [0.2, 0.25) is 0 Å². The summed E-state index contributed by atoms with van der Waals surface area (Å²) in [6.45, 7) is 7.84. The molecule has 1 N–H and O–H groups in total. The van der Waals surface area contributed by atoms with Crippen molar-refractivity contribution in [2.24, 2.45) is 5.16 Å². The topological polar surface area (TPSA) is 119 Å². The second kappa shape index (κ2) is 16.9. The monoisotopic (exact) mass is 676 g/mol. The molecule has 0 aliphatic carbocycles. The Morgan fingerprint density at radius 2 is 1.56 bits per heavy atom. The predicted octanol–water partition coefficient (Wildman–Crippen LogP) is 6.08. The van der Waals surface area contributed by atoms with Crippen LogP contribution in [0.5, 0.6) is 0 Å². The third-order valence-corrected chi connectivity index (χ3v) is 9.83. The molecule has 3 unspecified atom stereocenters. The van der Waals surface area contributed by atoms with E-state index in [4.69, 9.17) is 18.4 Å². The number of nitrogens with one attached hydrogen (secondary N) is 1. The normalized spacial score (nSPS) is 18.6. The third kappa shape index (κ3) is 9.54. The maximum atomic E-state index is 14.0. The Hall–Kier alpha value is -4.02. The van der Waals surface area contributed by atoms with E-state index in [1.54, 1.807) is 4.90 Å². The number of oxime groups is 1. The third-order valence-electron chi connectivity index (χ3n) is 8.42. The zero-order valence-corrected chi connectivity index (χ0v) is 28.7. The number of anilines is 1. The van der Waals surface area contributed by atoms with Crippen molar-refractivity contribution < 1.29 is 32.6 Å². The molecule has 3 aromatic carbocycles. The van der Waals surface area contributed by atoms with E-state index in [0.29, 0.717) is 45.4 Å². The van der Waals surface area contributed by atoms with Gasteiger partial charge in [-0.2, -0.15) is 0 Å². The summed E-state index contributed by atoms with van der Waals surface area (Å²) in [7, 11) is -4.13. The van der Waals surface area contributed by atoms with Crippen LogP contribution in [0.4, 0.5) is 5.69 Å². The first-order valence-electron chi connectivity index (χ1n) is 16.6. The number of carbonyl (C=O) groups excluding carboxylic acids is 2. The van der Waals surface area contributed by atoms with Crippen molar-refractivity contribution in [1.29, 1.82) is 0 Å². The van der Waals surface area contributed by atoms with E-state index in [-0.39, 0.29) is 37.2 Å². The molecule has 0 radical (unpaired) electrons. The SMILES string of the molecule is CCC(=O)NCC1CC(c2ccc(N3CCN(C(=O)C(CC)OP(=O)(OCc4ccccc4)OCc4ccccc4)C(C)C3)cc2)=NO1. The highest BCUT2D eigenvalue weighted by molar-refractivity contribution is 7.48. The molecule has 3 aromatic rings. The van der Waals surface area contributed by atoms with E-state index in [9.17, 15) is 14.2 Å². The Labute approximate surface area is 282 Å². The smallest absolute Gasteiger partial charge is 0.390 e. The Kier molecular flexibility index (Phi) is 12.4. The average Bonchev–Trinajstić information content (AvgIpc) is 3.61. The number of phosphoric acid groups is 1. The lowest BCUT2D eigenvalue weighted by atomic mass is 10.0. The van der Waals surface area contributed by atoms with Gasteiger partial charge in [0, 0.05) is 44.2 Å². The van der Waals surface area contributed by atoms with Gasteiger partial charge in [0.05, 0.1) is 25.5 Å². The van der Waals surface area contributed by atoms with Gasteiger partial charge in [-0.3, -0.25) is 23.2 Å². The number of nitrogens with zero attached hydrogens (tertiary/aromatic N) is 3. The maximum absolute atomic E-state index is 14.0. The molecule has 2 aliphatic heterocycles. The predicted molar refractivity (Wildman–Crippen MR) is 184 cm³/mol. The molecule has 48 heavy (non-hydrogen) atoms.